The van der Waals surface area contributed by atoms with Crippen LogP contribution in [0.5, 0.6) is 11.5 Å². The molecule has 0 saturated heterocycles. The van der Waals surface area contributed by atoms with Gasteiger partial charge in [0.1, 0.15) is 5.75 Å². The molecule has 3 rings (SSSR count). The van der Waals surface area contributed by atoms with E-state index in [-0.39, 0.29) is 0 Å². The molecule has 0 spiro atoms. The summed E-state index contributed by atoms with van der Waals surface area (Å²) in [5.74, 6) is 2.02. The molecule has 0 unspecified atom stereocenters. The average Bonchev–Trinajstić information content (AvgIpc) is 3.01. The highest BCUT2D eigenvalue weighted by Crippen LogP contribution is 2.10. The lowest BCUT2D eigenvalue weighted by molar-refractivity contribution is 0.165. The molecule has 1 aromatic heterocycles. The maximum atomic E-state index is 5.57. The molecule has 0 saturated carbocycles. The molecule has 0 aliphatic carbocycles. The van der Waals surface area contributed by atoms with Crippen LogP contribution in [-0.4, -0.2) is 20.4 Å². The number of hydrogen-bond acceptors (Lipinski definition) is 5. The molecule has 1 heterocycles. The van der Waals surface area contributed by atoms with Gasteiger partial charge in [-0.2, -0.15) is 0 Å². The first-order chi connectivity index (χ1) is 10.9. The number of nitrogens with zero attached hydrogens (tertiary/aromatic N) is 4. The van der Waals surface area contributed by atoms with Crippen molar-refractivity contribution in [3.63, 3.8) is 0 Å². The number of hydrogen-bond donors (Lipinski definition) is 0. The Morgan fingerprint density at radius 3 is 2.32 bits per heavy atom. The third-order valence-corrected chi connectivity index (χ3v) is 2.78. The summed E-state index contributed by atoms with van der Waals surface area (Å²) in [6, 6.07) is 18.9. The zero-order valence-corrected chi connectivity index (χ0v) is 11.7. The van der Waals surface area contributed by atoms with Gasteiger partial charge in [-0.3, -0.25) is 0 Å². The second-order valence-electron chi connectivity index (χ2n) is 4.38. The number of rotatable bonds is 6. The van der Waals surface area contributed by atoms with Gasteiger partial charge in [-0.15, -0.1) is 5.10 Å². The van der Waals surface area contributed by atoms with Crippen LogP contribution in [0, 0.1) is 0 Å². The molecule has 0 fully saturated rings. The van der Waals surface area contributed by atoms with Crippen LogP contribution in [0.25, 0.3) is 0 Å². The molecule has 0 amide bonds. The van der Waals surface area contributed by atoms with E-state index in [1.165, 1.54) is 4.85 Å². The summed E-state index contributed by atoms with van der Waals surface area (Å²) >= 11 is 0. The van der Waals surface area contributed by atoms with Crippen LogP contribution in [0.4, 0.5) is 0 Å². The van der Waals surface area contributed by atoms with E-state index < -0.39 is 0 Å². The summed E-state index contributed by atoms with van der Waals surface area (Å²) in [5, 5.41) is 11.4. The molecule has 6 heteroatoms. The Morgan fingerprint density at radius 1 is 0.909 bits per heavy atom. The van der Waals surface area contributed by atoms with Gasteiger partial charge in [0, 0.05) is 6.42 Å². The number of benzene rings is 2. The Hall–Kier alpha value is -3.15. The number of tetrazole rings is 1. The molecular weight excluding hydrogens is 280 g/mol. The van der Waals surface area contributed by atoms with Gasteiger partial charge in [0.15, 0.2) is 11.6 Å². The summed E-state index contributed by atoms with van der Waals surface area (Å²) in [7, 11) is 0. The van der Waals surface area contributed by atoms with Gasteiger partial charge < -0.3 is 9.57 Å². The monoisotopic (exact) mass is 294 g/mol. The first kappa shape index (κ1) is 13.8. The smallest absolute Gasteiger partial charge is 0.196 e. The quantitative estimate of drug-likeness (QED) is 0.654. The molecule has 0 aliphatic heterocycles. The zero-order valence-electron chi connectivity index (χ0n) is 11.7. The maximum Gasteiger partial charge on any atom is 0.196 e. The molecule has 6 nitrogen and oxygen atoms in total. The van der Waals surface area contributed by atoms with Crippen molar-refractivity contribution in [1.82, 2.24) is 20.4 Å². The highest BCUT2D eigenvalue weighted by atomic mass is 16.7. The van der Waals surface area contributed by atoms with Gasteiger partial charge in [-0.1, -0.05) is 41.2 Å². The Kier molecular flexibility index (Phi) is 4.41. The topological polar surface area (TPSA) is 62.1 Å². The molecule has 0 N–H and O–H groups in total. The van der Waals surface area contributed by atoms with Gasteiger partial charge in [-0.25, -0.2) is 0 Å². The lowest BCUT2D eigenvalue weighted by Crippen LogP contribution is -2.11. The van der Waals surface area contributed by atoms with Crippen LogP contribution in [0.15, 0.2) is 73.0 Å². The Bertz CT molecular complexity index is 726. The van der Waals surface area contributed by atoms with E-state index in [0.29, 0.717) is 18.0 Å². The Morgan fingerprint density at radius 2 is 1.59 bits per heavy atom. The number of aromatic nitrogens is 4. The highest BCUT2D eigenvalue weighted by Gasteiger charge is 2.06. The van der Waals surface area contributed by atoms with Crippen molar-refractivity contribution >= 4 is 0 Å². The van der Waals surface area contributed by atoms with Crippen molar-refractivity contribution in [2.75, 3.05) is 0 Å². The third kappa shape index (κ3) is 3.69. The van der Waals surface area contributed by atoms with Crippen LogP contribution >= 0.6 is 0 Å². The largest absolute Gasteiger partial charge is 0.465 e. The minimum Gasteiger partial charge on any atom is -0.465 e. The second kappa shape index (κ2) is 7.03. The fourth-order valence-corrected chi connectivity index (χ4v) is 1.75. The predicted molar refractivity (Wildman–Crippen MR) is 80.2 cm³/mol. The molecular formula is C16H14N4O2. The van der Waals surface area contributed by atoms with Crippen molar-refractivity contribution in [2.45, 2.75) is 6.42 Å². The lowest BCUT2D eigenvalue weighted by Gasteiger charge is -2.04. The van der Waals surface area contributed by atoms with Crippen molar-refractivity contribution < 1.29 is 9.57 Å². The van der Waals surface area contributed by atoms with E-state index in [0.717, 1.165) is 5.75 Å². The summed E-state index contributed by atoms with van der Waals surface area (Å²) < 4.78 is 5.46. The summed E-state index contributed by atoms with van der Waals surface area (Å²) in [6.45, 7) is 0. The van der Waals surface area contributed by atoms with E-state index in [4.69, 9.17) is 9.57 Å². The first-order valence-corrected chi connectivity index (χ1v) is 6.79. The average molecular weight is 294 g/mol. The van der Waals surface area contributed by atoms with Crippen LogP contribution in [0.2, 0.25) is 0 Å². The zero-order chi connectivity index (χ0) is 15.0. The second-order valence-corrected chi connectivity index (χ2v) is 4.38. The molecule has 2 aromatic carbocycles. The van der Waals surface area contributed by atoms with Crippen molar-refractivity contribution in [3.8, 4) is 11.5 Å². The van der Waals surface area contributed by atoms with E-state index >= 15 is 0 Å². The highest BCUT2D eigenvalue weighted by molar-refractivity contribution is 5.22. The fraction of sp³-hybridized carbons (Fsp3) is 0.0625. The van der Waals surface area contributed by atoms with Gasteiger partial charge in [0.05, 0.1) is 6.26 Å². The number of para-hydroxylation sites is 2. The summed E-state index contributed by atoms with van der Waals surface area (Å²) in [4.78, 5) is 6.86. The van der Waals surface area contributed by atoms with E-state index in [9.17, 15) is 0 Å². The number of allylic oxidation sites excluding steroid dienone is 1. The van der Waals surface area contributed by atoms with Gasteiger partial charge >= 0.3 is 0 Å². The van der Waals surface area contributed by atoms with Crippen molar-refractivity contribution in [1.29, 1.82) is 0 Å². The fourth-order valence-electron chi connectivity index (χ4n) is 1.75. The van der Waals surface area contributed by atoms with Gasteiger partial charge in [0.25, 0.3) is 0 Å². The third-order valence-electron chi connectivity index (χ3n) is 2.78. The molecule has 0 aliphatic rings. The molecule has 0 radical (unpaired) electrons. The normalized spacial score (nSPS) is 10.7. The molecule has 22 heavy (non-hydrogen) atoms. The van der Waals surface area contributed by atoms with Crippen molar-refractivity contribution in [3.05, 3.63) is 78.8 Å². The minimum absolute atomic E-state index is 0.493. The van der Waals surface area contributed by atoms with Gasteiger partial charge in [0.2, 0.25) is 0 Å². The lowest BCUT2D eigenvalue weighted by atomic mass is 10.3. The number of ether oxygens (including phenoxy) is 1. The Balaban J connectivity index is 1.58. The van der Waals surface area contributed by atoms with Crippen LogP contribution < -0.4 is 9.57 Å². The molecule has 0 bridgehead atoms. The van der Waals surface area contributed by atoms with Crippen molar-refractivity contribution in [2.24, 2.45) is 0 Å². The van der Waals surface area contributed by atoms with E-state index in [1.54, 1.807) is 6.26 Å². The van der Waals surface area contributed by atoms with Crippen LogP contribution in [-0.2, 0) is 6.42 Å². The minimum atomic E-state index is 0.493. The van der Waals surface area contributed by atoms with E-state index in [1.807, 2.05) is 66.7 Å². The summed E-state index contributed by atoms with van der Waals surface area (Å²) in [6.07, 6.45) is 3.92. The standard InChI is InChI=1S/C16H14N4O2/c1-3-8-14(9-4-1)21-13-7-12-16-17-18-19-20(16)22-15-10-5-2-6-11-15/h1-11,13H,12H2. The molecule has 3 aromatic rings. The van der Waals surface area contributed by atoms with Gasteiger partial charge in [-0.05, 0) is 40.8 Å². The van der Waals surface area contributed by atoms with Crippen LogP contribution in [0.3, 0.4) is 0 Å². The van der Waals surface area contributed by atoms with Crippen LogP contribution in [0.1, 0.15) is 5.82 Å². The SMILES string of the molecule is C(=COc1ccccc1)Cc1nnnn1Oc1ccccc1. The van der Waals surface area contributed by atoms with E-state index in [2.05, 4.69) is 15.5 Å². The molecule has 0 atom stereocenters. The predicted octanol–water partition coefficient (Wildman–Crippen LogP) is 2.65. The molecule has 110 valence electrons. The first-order valence-electron chi connectivity index (χ1n) is 6.79. The maximum absolute atomic E-state index is 5.57. The summed E-state index contributed by atoms with van der Waals surface area (Å²) in [5.41, 5.74) is 0. The Labute approximate surface area is 127 Å².